The maximum Gasteiger partial charge on any atom is 0.334 e. The number of carboxylic acids is 1. The van der Waals surface area contributed by atoms with Gasteiger partial charge in [0.1, 0.15) is 0 Å². The molecule has 6 heteroatoms. The SMILES string of the molecule is CC(=O)C(C(C)=O)(C(N)=O)C(=O)O. The quantitative estimate of drug-likeness (QED) is 0.532. The average Bonchev–Trinajstić information content (AvgIpc) is 1.82. The summed E-state index contributed by atoms with van der Waals surface area (Å²) in [7, 11) is 0. The average molecular weight is 187 g/mol. The van der Waals surface area contributed by atoms with Gasteiger partial charge in [-0.3, -0.25) is 19.2 Å². The lowest BCUT2D eigenvalue weighted by Gasteiger charge is -2.18. The Kier molecular flexibility index (Phi) is 2.90. The summed E-state index contributed by atoms with van der Waals surface area (Å²) in [5, 5.41) is 8.59. The zero-order valence-corrected chi connectivity index (χ0v) is 7.16. The Morgan fingerprint density at radius 1 is 1.08 bits per heavy atom. The number of aliphatic carboxylic acids is 1. The second kappa shape index (κ2) is 3.34. The summed E-state index contributed by atoms with van der Waals surface area (Å²) in [5.41, 5.74) is 1.99. The third kappa shape index (κ3) is 1.42. The van der Waals surface area contributed by atoms with Crippen LogP contribution in [0, 0.1) is 5.41 Å². The van der Waals surface area contributed by atoms with Crippen LogP contribution >= 0.6 is 0 Å². The van der Waals surface area contributed by atoms with Gasteiger partial charge in [-0.25, -0.2) is 0 Å². The van der Waals surface area contributed by atoms with Crippen LogP contribution in [0.5, 0.6) is 0 Å². The number of amides is 1. The molecule has 0 aliphatic rings. The largest absolute Gasteiger partial charge is 0.480 e. The first-order valence-electron chi connectivity index (χ1n) is 3.33. The normalized spacial score (nSPS) is 10.6. The summed E-state index contributed by atoms with van der Waals surface area (Å²) in [6.45, 7) is 1.67. The molecule has 0 saturated carbocycles. The topological polar surface area (TPSA) is 115 Å². The molecule has 1 amide bonds. The van der Waals surface area contributed by atoms with Gasteiger partial charge in [0.15, 0.2) is 11.6 Å². The molecule has 0 aliphatic carbocycles. The molecule has 0 fully saturated rings. The van der Waals surface area contributed by atoms with Gasteiger partial charge in [0.05, 0.1) is 0 Å². The smallest absolute Gasteiger partial charge is 0.334 e. The van der Waals surface area contributed by atoms with Crippen LogP contribution in [0.4, 0.5) is 0 Å². The summed E-state index contributed by atoms with van der Waals surface area (Å²) in [6.07, 6.45) is 0. The molecule has 0 spiro atoms. The third-order valence-corrected chi connectivity index (χ3v) is 1.75. The molecule has 0 rings (SSSR count). The Morgan fingerprint density at radius 3 is 1.38 bits per heavy atom. The van der Waals surface area contributed by atoms with E-state index in [0.29, 0.717) is 0 Å². The number of carboxylic acid groups (broad SMARTS) is 1. The van der Waals surface area contributed by atoms with Crippen molar-refractivity contribution in [3.63, 3.8) is 0 Å². The number of primary amides is 1. The first-order chi connectivity index (χ1) is 5.77. The van der Waals surface area contributed by atoms with Gasteiger partial charge < -0.3 is 10.8 Å². The fraction of sp³-hybridized carbons (Fsp3) is 0.429. The van der Waals surface area contributed by atoms with Crippen molar-refractivity contribution in [3.8, 4) is 0 Å². The van der Waals surface area contributed by atoms with E-state index >= 15 is 0 Å². The van der Waals surface area contributed by atoms with Crippen LogP contribution in [0.1, 0.15) is 13.8 Å². The molecule has 0 unspecified atom stereocenters. The molecule has 0 aromatic heterocycles. The van der Waals surface area contributed by atoms with E-state index < -0.39 is 28.9 Å². The molecule has 0 atom stereocenters. The number of hydrogen-bond acceptors (Lipinski definition) is 4. The van der Waals surface area contributed by atoms with Crippen LogP contribution in [0.3, 0.4) is 0 Å². The molecular formula is C7H9NO5. The van der Waals surface area contributed by atoms with E-state index in [2.05, 4.69) is 0 Å². The molecule has 3 N–H and O–H groups in total. The number of rotatable bonds is 4. The van der Waals surface area contributed by atoms with Gasteiger partial charge in [0.2, 0.25) is 5.91 Å². The molecule has 0 aromatic rings. The maximum absolute atomic E-state index is 10.9. The fourth-order valence-electron chi connectivity index (χ4n) is 1.00. The lowest BCUT2D eigenvalue weighted by molar-refractivity contribution is -0.162. The standard InChI is InChI=1S/C7H9NO5/c1-3(9)7(4(2)10,5(8)11)6(12)13/h1-2H3,(H2,8,11)(H,12,13). The van der Waals surface area contributed by atoms with Crippen LogP contribution < -0.4 is 5.73 Å². The van der Waals surface area contributed by atoms with Gasteiger partial charge in [-0.2, -0.15) is 0 Å². The van der Waals surface area contributed by atoms with E-state index in [4.69, 9.17) is 10.8 Å². The molecule has 0 aliphatic heterocycles. The van der Waals surface area contributed by atoms with Crippen molar-refractivity contribution >= 4 is 23.4 Å². The molecule has 0 bridgehead atoms. The number of ketones is 2. The summed E-state index contributed by atoms with van der Waals surface area (Å²) < 4.78 is 0. The summed E-state index contributed by atoms with van der Waals surface area (Å²) in [5.74, 6) is -5.46. The van der Waals surface area contributed by atoms with Crippen LogP contribution in [0.25, 0.3) is 0 Å². The Balaban J connectivity index is 5.60. The third-order valence-electron chi connectivity index (χ3n) is 1.75. The van der Waals surface area contributed by atoms with E-state index in [1.165, 1.54) is 0 Å². The summed E-state index contributed by atoms with van der Waals surface area (Å²) in [4.78, 5) is 43.1. The Bertz CT molecular complexity index is 232. The predicted octanol–water partition coefficient (Wildman–Crippen LogP) is -1.28. The van der Waals surface area contributed by atoms with E-state index in [1.54, 1.807) is 0 Å². The highest BCUT2D eigenvalue weighted by Gasteiger charge is 2.54. The van der Waals surface area contributed by atoms with Crippen molar-refractivity contribution in [1.82, 2.24) is 0 Å². The van der Waals surface area contributed by atoms with E-state index in [0.717, 1.165) is 13.8 Å². The van der Waals surface area contributed by atoms with Crippen LogP contribution in [0.15, 0.2) is 0 Å². The number of hydrogen-bond donors (Lipinski definition) is 2. The minimum Gasteiger partial charge on any atom is -0.480 e. The van der Waals surface area contributed by atoms with Crippen molar-refractivity contribution in [1.29, 1.82) is 0 Å². The van der Waals surface area contributed by atoms with E-state index in [9.17, 15) is 19.2 Å². The molecule has 0 radical (unpaired) electrons. The number of carbonyl (C=O) groups is 4. The first kappa shape index (κ1) is 11.3. The zero-order valence-electron chi connectivity index (χ0n) is 7.16. The molecular weight excluding hydrogens is 178 g/mol. The number of carbonyl (C=O) groups excluding carboxylic acids is 3. The van der Waals surface area contributed by atoms with E-state index in [1.807, 2.05) is 0 Å². The van der Waals surface area contributed by atoms with Gasteiger partial charge in [-0.1, -0.05) is 0 Å². The van der Waals surface area contributed by atoms with Crippen molar-refractivity contribution < 1.29 is 24.3 Å². The zero-order chi connectivity index (χ0) is 10.8. The predicted molar refractivity (Wildman–Crippen MR) is 40.6 cm³/mol. The number of nitrogens with two attached hydrogens (primary N) is 1. The van der Waals surface area contributed by atoms with Crippen molar-refractivity contribution in [2.45, 2.75) is 13.8 Å². The number of Topliss-reactive ketones (excluding diaryl/α,β-unsaturated/α-hetero) is 2. The van der Waals surface area contributed by atoms with Crippen molar-refractivity contribution in [2.24, 2.45) is 11.1 Å². The van der Waals surface area contributed by atoms with Crippen molar-refractivity contribution in [3.05, 3.63) is 0 Å². The molecule has 0 heterocycles. The Hall–Kier alpha value is -1.72. The minimum atomic E-state index is -2.72. The molecule has 13 heavy (non-hydrogen) atoms. The molecule has 72 valence electrons. The second-order valence-corrected chi connectivity index (χ2v) is 2.53. The molecule has 0 saturated heterocycles. The highest BCUT2D eigenvalue weighted by molar-refractivity contribution is 6.35. The van der Waals surface area contributed by atoms with Gasteiger partial charge in [-0.15, -0.1) is 0 Å². The summed E-state index contributed by atoms with van der Waals surface area (Å²) in [6, 6.07) is 0. The monoisotopic (exact) mass is 187 g/mol. The highest BCUT2D eigenvalue weighted by Crippen LogP contribution is 2.19. The van der Waals surface area contributed by atoms with Gasteiger partial charge in [-0.05, 0) is 13.8 Å². The summed E-state index contributed by atoms with van der Waals surface area (Å²) >= 11 is 0. The second-order valence-electron chi connectivity index (χ2n) is 2.53. The molecule has 6 nitrogen and oxygen atoms in total. The van der Waals surface area contributed by atoms with Crippen LogP contribution in [-0.4, -0.2) is 28.5 Å². The minimum absolute atomic E-state index is 0.834. The first-order valence-corrected chi connectivity index (χ1v) is 3.33. The van der Waals surface area contributed by atoms with Gasteiger partial charge >= 0.3 is 5.97 Å². The lowest BCUT2D eigenvalue weighted by atomic mass is 9.79. The van der Waals surface area contributed by atoms with Gasteiger partial charge in [0.25, 0.3) is 5.41 Å². The Morgan fingerprint density at radius 2 is 1.38 bits per heavy atom. The van der Waals surface area contributed by atoms with E-state index in [-0.39, 0.29) is 0 Å². The highest BCUT2D eigenvalue weighted by atomic mass is 16.4. The van der Waals surface area contributed by atoms with Crippen LogP contribution in [-0.2, 0) is 19.2 Å². The lowest BCUT2D eigenvalue weighted by Crippen LogP contribution is -2.54. The van der Waals surface area contributed by atoms with Crippen molar-refractivity contribution in [2.75, 3.05) is 0 Å². The van der Waals surface area contributed by atoms with Crippen LogP contribution in [0.2, 0.25) is 0 Å². The maximum atomic E-state index is 10.9. The fourth-order valence-corrected chi connectivity index (χ4v) is 1.00. The van der Waals surface area contributed by atoms with Gasteiger partial charge in [0, 0.05) is 0 Å². The Labute approximate surface area is 73.7 Å². The molecule has 0 aromatic carbocycles.